The Bertz CT molecular complexity index is 980. The maximum atomic E-state index is 13.2. The highest BCUT2D eigenvalue weighted by Crippen LogP contribution is 2.20. The predicted molar refractivity (Wildman–Crippen MR) is 133 cm³/mol. The van der Waals surface area contributed by atoms with Crippen molar-refractivity contribution in [3.05, 3.63) is 59.7 Å². The Balaban J connectivity index is 1.70. The molecule has 0 spiro atoms. The second kappa shape index (κ2) is 12.2. The molecule has 7 heteroatoms. The summed E-state index contributed by atoms with van der Waals surface area (Å²) in [5, 5.41) is 8.84. The second-order valence-corrected chi connectivity index (χ2v) is 9.12. The Morgan fingerprint density at radius 3 is 2.15 bits per heavy atom. The van der Waals surface area contributed by atoms with E-state index < -0.39 is 11.9 Å². The van der Waals surface area contributed by atoms with Gasteiger partial charge >= 0.3 is 0 Å². The number of ether oxygens (including phenoxy) is 1. The van der Waals surface area contributed by atoms with Gasteiger partial charge in [-0.05, 0) is 55.2 Å². The fourth-order valence-electron chi connectivity index (χ4n) is 4.20. The quantitative estimate of drug-likeness (QED) is 0.499. The van der Waals surface area contributed by atoms with E-state index in [-0.39, 0.29) is 23.8 Å². The largest absolute Gasteiger partial charge is 0.497 e. The van der Waals surface area contributed by atoms with E-state index >= 15 is 0 Å². The minimum Gasteiger partial charge on any atom is -0.497 e. The van der Waals surface area contributed by atoms with Crippen LogP contribution in [0.2, 0.25) is 0 Å². The lowest BCUT2D eigenvalue weighted by Crippen LogP contribution is -2.52. The molecule has 0 saturated heterocycles. The molecule has 182 valence electrons. The molecule has 3 amide bonds. The third-order valence-electron chi connectivity index (χ3n) is 6.21. The van der Waals surface area contributed by atoms with E-state index in [0.717, 1.165) is 25.7 Å². The van der Waals surface area contributed by atoms with E-state index in [0.29, 0.717) is 22.6 Å². The summed E-state index contributed by atoms with van der Waals surface area (Å²) >= 11 is 0. The maximum absolute atomic E-state index is 13.2. The number of hydrogen-bond acceptors (Lipinski definition) is 4. The lowest BCUT2D eigenvalue weighted by Gasteiger charge is -2.25. The molecule has 0 heterocycles. The van der Waals surface area contributed by atoms with Crippen molar-refractivity contribution in [2.45, 2.75) is 64.5 Å². The van der Waals surface area contributed by atoms with Crippen LogP contribution in [0.5, 0.6) is 5.75 Å². The lowest BCUT2D eigenvalue weighted by atomic mass is 10.0. The fourth-order valence-corrected chi connectivity index (χ4v) is 4.20. The van der Waals surface area contributed by atoms with E-state index in [1.54, 1.807) is 55.6 Å². The first-order valence-corrected chi connectivity index (χ1v) is 12.0. The minimum absolute atomic E-state index is 0.0872. The van der Waals surface area contributed by atoms with E-state index in [9.17, 15) is 14.4 Å². The second-order valence-electron chi connectivity index (χ2n) is 9.12. The monoisotopic (exact) mass is 465 g/mol. The van der Waals surface area contributed by atoms with Gasteiger partial charge in [0.2, 0.25) is 5.91 Å². The summed E-state index contributed by atoms with van der Waals surface area (Å²) in [4.78, 5) is 38.9. The molecule has 1 aliphatic rings. The van der Waals surface area contributed by atoms with E-state index in [1.807, 2.05) is 13.8 Å². The number of methoxy groups -OCH3 is 1. The Kier molecular flexibility index (Phi) is 9.08. The van der Waals surface area contributed by atoms with Crippen LogP contribution in [0.1, 0.15) is 73.1 Å². The number of amides is 3. The van der Waals surface area contributed by atoms with Crippen molar-refractivity contribution in [2.24, 2.45) is 5.92 Å². The summed E-state index contributed by atoms with van der Waals surface area (Å²) < 4.78 is 5.13. The van der Waals surface area contributed by atoms with Crippen molar-refractivity contribution >= 4 is 23.4 Å². The van der Waals surface area contributed by atoms with Crippen molar-refractivity contribution in [1.82, 2.24) is 10.6 Å². The smallest absolute Gasteiger partial charge is 0.255 e. The van der Waals surface area contributed by atoms with Gasteiger partial charge in [0.1, 0.15) is 11.8 Å². The number of para-hydroxylation sites is 1. The predicted octanol–water partition coefficient (Wildman–Crippen LogP) is 4.54. The lowest BCUT2D eigenvalue weighted by molar-refractivity contribution is -0.124. The number of carbonyl (C=O) groups is 3. The Labute approximate surface area is 201 Å². The first-order chi connectivity index (χ1) is 16.4. The van der Waals surface area contributed by atoms with Gasteiger partial charge in [-0.15, -0.1) is 0 Å². The number of nitrogens with one attached hydrogen (secondary N) is 3. The molecule has 1 aliphatic carbocycles. The van der Waals surface area contributed by atoms with E-state index in [2.05, 4.69) is 16.0 Å². The number of benzene rings is 2. The van der Waals surface area contributed by atoms with Crippen molar-refractivity contribution in [2.75, 3.05) is 12.4 Å². The highest BCUT2D eigenvalue weighted by Gasteiger charge is 2.27. The fraction of sp³-hybridized carbons (Fsp3) is 0.444. The van der Waals surface area contributed by atoms with Crippen LogP contribution < -0.4 is 20.7 Å². The zero-order chi connectivity index (χ0) is 24.5. The molecule has 1 unspecified atom stereocenters. The molecular weight excluding hydrogens is 430 g/mol. The van der Waals surface area contributed by atoms with Gasteiger partial charge in [0.15, 0.2) is 0 Å². The summed E-state index contributed by atoms with van der Waals surface area (Å²) in [6, 6.07) is 13.0. The topological polar surface area (TPSA) is 96.5 Å². The van der Waals surface area contributed by atoms with Gasteiger partial charge in [0, 0.05) is 11.6 Å². The molecule has 3 rings (SSSR count). The Morgan fingerprint density at radius 2 is 1.53 bits per heavy atom. The maximum Gasteiger partial charge on any atom is 0.255 e. The average molecular weight is 466 g/mol. The molecule has 2 aromatic rings. The van der Waals surface area contributed by atoms with Gasteiger partial charge in [-0.3, -0.25) is 14.4 Å². The molecule has 0 bridgehead atoms. The van der Waals surface area contributed by atoms with Crippen LogP contribution in [0, 0.1) is 5.92 Å². The van der Waals surface area contributed by atoms with Crippen molar-refractivity contribution in [3.8, 4) is 5.75 Å². The highest BCUT2D eigenvalue weighted by atomic mass is 16.5. The van der Waals surface area contributed by atoms with Gasteiger partial charge in [-0.1, -0.05) is 51.7 Å². The van der Waals surface area contributed by atoms with Crippen LogP contribution in [-0.4, -0.2) is 36.9 Å². The minimum atomic E-state index is -0.666. The molecule has 34 heavy (non-hydrogen) atoms. The zero-order valence-corrected chi connectivity index (χ0v) is 20.2. The van der Waals surface area contributed by atoms with Crippen LogP contribution in [-0.2, 0) is 4.79 Å². The number of carbonyl (C=O) groups excluding carboxylic acids is 3. The summed E-state index contributed by atoms with van der Waals surface area (Å²) in [5.74, 6) is -0.335. The first-order valence-electron chi connectivity index (χ1n) is 12.0. The van der Waals surface area contributed by atoms with E-state index in [4.69, 9.17) is 4.74 Å². The Hall–Kier alpha value is -3.35. The number of hydrogen-bond donors (Lipinski definition) is 3. The third kappa shape index (κ3) is 6.83. The van der Waals surface area contributed by atoms with Crippen LogP contribution in [0.25, 0.3) is 0 Å². The van der Waals surface area contributed by atoms with Crippen molar-refractivity contribution in [1.29, 1.82) is 0 Å². The van der Waals surface area contributed by atoms with Gasteiger partial charge in [-0.2, -0.15) is 0 Å². The summed E-state index contributed by atoms with van der Waals surface area (Å²) in [5.41, 5.74) is 1.13. The van der Waals surface area contributed by atoms with E-state index in [1.165, 1.54) is 12.8 Å². The molecule has 1 atom stereocenters. The standard InChI is InChI=1S/C27H35N3O4/c1-18(2)24(27(33)28-20-10-6-4-5-7-11-20)30-26(32)22-12-8-9-13-23(22)29-25(31)19-14-16-21(34-3)17-15-19/h8-9,12-18,20,24H,4-7,10-11H2,1-3H3,(H,28,33)(H,29,31)(H,30,32). The summed E-state index contributed by atoms with van der Waals surface area (Å²) in [7, 11) is 1.56. The van der Waals surface area contributed by atoms with Gasteiger partial charge in [0.25, 0.3) is 11.8 Å². The zero-order valence-electron chi connectivity index (χ0n) is 20.2. The normalized spacial score (nSPS) is 15.2. The first kappa shape index (κ1) is 25.3. The summed E-state index contributed by atoms with van der Waals surface area (Å²) in [6.07, 6.45) is 6.59. The SMILES string of the molecule is COc1ccc(C(=O)Nc2ccccc2C(=O)NC(C(=O)NC2CCCCCC2)C(C)C)cc1. The molecule has 2 aromatic carbocycles. The Morgan fingerprint density at radius 1 is 0.882 bits per heavy atom. The molecule has 3 N–H and O–H groups in total. The van der Waals surface area contributed by atoms with Gasteiger partial charge < -0.3 is 20.7 Å². The van der Waals surface area contributed by atoms with Crippen LogP contribution >= 0.6 is 0 Å². The third-order valence-corrected chi connectivity index (χ3v) is 6.21. The molecule has 1 saturated carbocycles. The highest BCUT2D eigenvalue weighted by molar-refractivity contribution is 6.09. The molecule has 0 aliphatic heterocycles. The number of rotatable bonds is 8. The average Bonchev–Trinajstić information content (AvgIpc) is 3.11. The van der Waals surface area contributed by atoms with Gasteiger partial charge in [-0.25, -0.2) is 0 Å². The molecule has 1 fully saturated rings. The van der Waals surface area contributed by atoms with Crippen LogP contribution in [0.3, 0.4) is 0 Å². The van der Waals surface area contributed by atoms with Gasteiger partial charge in [0.05, 0.1) is 18.4 Å². The van der Waals surface area contributed by atoms with Crippen molar-refractivity contribution in [3.63, 3.8) is 0 Å². The molecule has 7 nitrogen and oxygen atoms in total. The summed E-state index contributed by atoms with van der Waals surface area (Å²) in [6.45, 7) is 3.82. The molecule has 0 radical (unpaired) electrons. The molecular formula is C27H35N3O4. The van der Waals surface area contributed by atoms with Crippen LogP contribution in [0.4, 0.5) is 5.69 Å². The number of anilines is 1. The van der Waals surface area contributed by atoms with Crippen LogP contribution in [0.15, 0.2) is 48.5 Å². The van der Waals surface area contributed by atoms with Crippen molar-refractivity contribution < 1.29 is 19.1 Å². The molecule has 0 aromatic heterocycles.